The van der Waals surface area contributed by atoms with E-state index in [2.05, 4.69) is 22.1 Å². The molecule has 2 atom stereocenters. The molecule has 3 heterocycles. The Morgan fingerprint density at radius 1 is 1.15 bits per heavy atom. The number of nitrogens with one attached hydrogen (secondary N) is 2. The Labute approximate surface area is 232 Å². The van der Waals surface area contributed by atoms with Crippen LogP contribution in [0.3, 0.4) is 0 Å². The van der Waals surface area contributed by atoms with Crippen molar-refractivity contribution in [2.75, 3.05) is 44.8 Å². The summed E-state index contributed by atoms with van der Waals surface area (Å²) in [6, 6.07) is 1.83. The standard InChI is InChI=1S/C29H44N6O4/c1-20-19-34(26(36)39-27(2,3)4)15-8-16-35(20)25-32-14-10-22(33-25)23(30)21-9-13-28(24(21)31-5)11-6-7-12-29(28)37-17-18-38-29/h10,14,20,30-31H,6-9,11-13,15-19H2,1-5H3/t20-,28?/m0/s1. The summed E-state index contributed by atoms with van der Waals surface area (Å²) < 4.78 is 18.3. The van der Waals surface area contributed by atoms with Crippen LogP contribution in [-0.2, 0) is 14.2 Å². The summed E-state index contributed by atoms with van der Waals surface area (Å²) in [4.78, 5) is 26.1. The first-order valence-corrected chi connectivity index (χ1v) is 14.5. The molecule has 4 aliphatic rings. The minimum atomic E-state index is -0.593. The van der Waals surface area contributed by atoms with Gasteiger partial charge in [0.05, 0.1) is 30.0 Å². The first-order chi connectivity index (χ1) is 18.6. The number of rotatable bonds is 4. The number of ether oxygens (including phenoxy) is 3. The third-order valence-electron chi connectivity index (χ3n) is 8.63. The van der Waals surface area contributed by atoms with Crippen molar-refractivity contribution in [3.8, 4) is 0 Å². The lowest BCUT2D eigenvalue weighted by Crippen LogP contribution is -2.53. The van der Waals surface area contributed by atoms with Gasteiger partial charge in [-0.2, -0.15) is 0 Å². The number of carbonyl (C=O) groups is 1. The number of fused-ring (bicyclic) bond motifs is 1. The molecule has 0 radical (unpaired) electrons. The number of hydrogen-bond acceptors (Lipinski definition) is 9. The molecular weight excluding hydrogens is 496 g/mol. The highest BCUT2D eigenvalue weighted by Crippen LogP contribution is 2.59. The van der Waals surface area contributed by atoms with Gasteiger partial charge in [0, 0.05) is 51.0 Å². The average molecular weight is 541 g/mol. The zero-order valence-electron chi connectivity index (χ0n) is 24.1. The predicted molar refractivity (Wildman–Crippen MR) is 149 cm³/mol. The van der Waals surface area contributed by atoms with Crippen molar-refractivity contribution in [1.82, 2.24) is 20.2 Å². The SMILES string of the molecule is CNC1=C(C(=N)c2ccnc(N3CCCN(C(=O)OC(C)(C)C)C[C@@H]3C)n2)CCC12CCCCC21OCCO1. The Hall–Kier alpha value is -2.72. The van der Waals surface area contributed by atoms with E-state index in [0.717, 1.165) is 62.8 Å². The highest BCUT2D eigenvalue weighted by Gasteiger charge is 2.61. The smallest absolute Gasteiger partial charge is 0.410 e. The van der Waals surface area contributed by atoms with E-state index in [-0.39, 0.29) is 17.6 Å². The van der Waals surface area contributed by atoms with E-state index in [4.69, 9.17) is 19.2 Å². The molecule has 0 bridgehead atoms. The lowest BCUT2D eigenvalue weighted by atomic mass is 9.66. The van der Waals surface area contributed by atoms with E-state index < -0.39 is 11.4 Å². The third-order valence-corrected chi connectivity index (χ3v) is 8.63. The fourth-order valence-corrected chi connectivity index (χ4v) is 6.97. The van der Waals surface area contributed by atoms with E-state index in [1.165, 1.54) is 0 Å². The normalized spacial score (nSPS) is 27.3. The number of anilines is 1. The Bertz CT molecular complexity index is 1130. The minimum Gasteiger partial charge on any atom is -0.444 e. The maximum atomic E-state index is 12.7. The Balaban J connectivity index is 1.38. The van der Waals surface area contributed by atoms with Crippen molar-refractivity contribution >= 4 is 17.8 Å². The molecule has 1 aromatic rings. The number of nitrogens with zero attached hydrogens (tertiary/aromatic N) is 4. The maximum absolute atomic E-state index is 12.7. The molecule has 1 aromatic heterocycles. The van der Waals surface area contributed by atoms with Crippen molar-refractivity contribution in [3.63, 3.8) is 0 Å². The van der Waals surface area contributed by atoms with Gasteiger partial charge in [0.15, 0.2) is 5.79 Å². The van der Waals surface area contributed by atoms with E-state index >= 15 is 0 Å². The molecule has 2 spiro atoms. The van der Waals surface area contributed by atoms with Gasteiger partial charge in [-0.1, -0.05) is 6.42 Å². The summed E-state index contributed by atoms with van der Waals surface area (Å²) in [5, 5.41) is 12.7. The summed E-state index contributed by atoms with van der Waals surface area (Å²) in [5.74, 6) is -0.00376. The number of carbonyl (C=O) groups excluding carboxylic acids is 1. The van der Waals surface area contributed by atoms with Crippen molar-refractivity contribution in [2.24, 2.45) is 5.41 Å². The first-order valence-electron chi connectivity index (χ1n) is 14.5. The van der Waals surface area contributed by atoms with Gasteiger partial charge in [0.2, 0.25) is 5.95 Å². The number of amides is 1. The molecule has 10 nitrogen and oxygen atoms in total. The molecule has 2 aliphatic carbocycles. The van der Waals surface area contributed by atoms with E-state index in [1.807, 2.05) is 33.9 Å². The highest BCUT2D eigenvalue weighted by atomic mass is 16.7. The predicted octanol–water partition coefficient (Wildman–Crippen LogP) is 4.25. The molecule has 2 N–H and O–H groups in total. The lowest BCUT2D eigenvalue weighted by molar-refractivity contribution is -0.244. The van der Waals surface area contributed by atoms with Crippen LogP contribution in [0.2, 0.25) is 0 Å². The van der Waals surface area contributed by atoms with E-state index in [9.17, 15) is 10.2 Å². The van der Waals surface area contributed by atoms with Crippen LogP contribution in [0.15, 0.2) is 23.5 Å². The molecule has 2 saturated heterocycles. The van der Waals surface area contributed by atoms with Gasteiger partial charge in [-0.15, -0.1) is 0 Å². The molecule has 1 saturated carbocycles. The zero-order chi connectivity index (χ0) is 27.8. The average Bonchev–Trinajstić information content (AvgIpc) is 3.46. The van der Waals surface area contributed by atoms with Gasteiger partial charge in [-0.3, -0.25) is 5.41 Å². The zero-order valence-corrected chi connectivity index (χ0v) is 24.1. The van der Waals surface area contributed by atoms with Crippen LogP contribution in [0.25, 0.3) is 0 Å². The van der Waals surface area contributed by atoms with Crippen LogP contribution in [0, 0.1) is 10.8 Å². The van der Waals surface area contributed by atoms with Crippen molar-refractivity contribution in [3.05, 3.63) is 29.2 Å². The first kappa shape index (κ1) is 27.8. The second-order valence-electron chi connectivity index (χ2n) is 12.3. The Morgan fingerprint density at radius 3 is 2.62 bits per heavy atom. The number of aromatic nitrogens is 2. The van der Waals surface area contributed by atoms with Gasteiger partial charge in [-0.05, 0) is 71.4 Å². The molecule has 3 fully saturated rings. The highest BCUT2D eigenvalue weighted by molar-refractivity contribution is 6.10. The van der Waals surface area contributed by atoms with Gasteiger partial charge in [0.1, 0.15) is 5.60 Å². The Kier molecular flexibility index (Phi) is 7.63. The summed E-state index contributed by atoms with van der Waals surface area (Å²) in [5.41, 5.74) is 2.32. The number of allylic oxidation sites excluding steroid dienone is 1. The molecule has 39 heavy (non-hydrogen) atoms. The summed E-state index contributed by atoms with van der Waals surface area (Å²) in [6.07, 6.45) is 8.05. The summed E-state index contributed by atoms with van der Waals surface area (Å²) >= 11 is 0. The van der Waals surface area contributed by atoms with Crippen LogP contribution in [-0.4, -0.2) is 84.0 Å². The quantitative estimate of drug-likeness (QED) is 0.545. The number of hydrogen-bond donors (Lipinski definition) is 2. The molecular formula is C29H44N6O4. The van der Waals surface area contributed by atoms with Gasteiger partial charge >= 0.3 is 6.09 Å². The topological polar surface area (TPSA) is 113 Å². The maximum Gasteiger partial charge on any atom is 0.410 e. The molecule has 1 amide bonds. The lowest BCUT2D eigenvalue weighted by Gasteiger charge is -2.49. The molecule has 2 aliphatic heterocycles. The van der Waals surface area contributed by atoms with Crippen molar-refractivity contribution in [2.45, 2.75) is 90.1 Å². The second-order valence-corrected chi connectivity index (χ2v) is 12.3. The van der Waals surface area contributed by atoms with Crippen LogP contribution >= 0.6 is 0 Å². The van der Waals surface area contributed by atoms with Crippen LogP contribution in [0.5, 0.6) is 0 Å². The third kappa shape index (κ3) is 5.13. The molecule has 1 unspecified atom stereocenters. The second kappa shape index (κ2) is 10.7. The van der Waals surface area contributed by atoms with E-state index in [1.54, 1.807) is 11.1 Å². The monoisotopic (exact) mass is 540 g/mol. The van der Waals surface area contributed by atoms with Gasteiger partial charge in [0.25, 0.3) is 0 Å². The minimum absolute atomic E-state index is 0.00467. The molecule has 10 heteroatoms. The summed E-state index contributed by atoms with van der Waals surface area (Å²) in [6.45, 7) is 10.9. The molecule has 0 aromatic carbocycles. The fourth-order valence-electron chi connectivity index (χ4n) is 6.97. The van der Waals surface area contributed by atoms with E-state index in [0.29, 0.717) is 43.7 Å². The van der Waals surface area contributed by atoms with Crippen LogP contribution in [0.1, 0.15) is 78.3 Å². The fraction of sp³-hybridized carbons (Fsp3) is 0.724. The summed E-state index contributed by atoms with van der Waals surface area (Å²) in [7, 11) is 1.95. The van der Waals surface area contributed by atoms with Crippen molar-refractivity contribution < 1.29 is 19.0 Å². The van der Waals surface area contributed by atoms with Crippen LogP contribution < -0.4 is 10.2 Å². The van der Waals surface area contributed by atoms with Gasteiger partial charge in [-0.25, -0.2) is 14.8 Å². The largest absolute Gasteiger partial charge is 0.444 e. The molecule has 214 valence electrons. The molecule has 5 rings (SSSR count). The Morgan fingerprint density at radius 2 is 1.90 bits per heavy atom. The van der Waals surface area contributed by atoms with Crippen molar-refractivity contribution in [1.29, 1.82) is 5.41 Å². The van der Waals surface area contributed by atoms with Crippen LogP contribution in [0.4, 0.5) is 10.7 Å². The van der Waals surface area contributed by atoms with Gasteiger partial charge < -0.3 is 29.3 Å².